The van der Waals surface area contributed by atoms with Crippen LogP contribution in [0, 0.1) is 0 Å². The van der Waals surface area contributed by atoms with Gasteiger partial charge in [0.15, 0.2) is 22.8 Å². The van der Waals surface area contributed by atoms with E-state index < -0.39 is 11.9 Å². The normalized spacial score (nSPS) is 11.0. The lowest BCUT2D eigenvalue weighted by Gasteiger charge is -1.97. The van der Waals surface area contributed by atoms with Crippen molar-refractivity contribution in [1.29, 1.82) is 0 Å². The molecule has 0 radical (unpaired) electrons. The Kier molecular flexibility index (Phi) is 4.33. The summed E-state index contributed by atoms with van der Waals surface area (Å²) in [4.78, 5) is 42.3. The molecule has 0 saturated carbocycles. The fraction of sp³-hybridized carbons (Fsp3) is 0. The number of aromatic carboxylic acids is 2. The molecule has 13 nitrogen and oxygen atoms in total. The second-order valence-corrected chi connectivity index (χ2v) is 6.17. The van der Waals surface area contributed by atoms with Crippen LogP contribution in [0.15, 0.2) is 60.9 Å². The Bertz CT molecular complexity index is 1350. The molecular weight excluding hydrogens is 426 g/mol. The monoisotopic (exact) mass is 435 g/mol. The second kappa shape index (κ2) is 7.32. The van der Waals surface area contributed by atoms with Crippen LogP contribution >= 0.6 is 0 Å². The standard InChI is InChI=1S/C19H9N5O8/c25-18(26)12-6-31-16(23-12)10-4-29-14(21-10)8-2-1-3-9(20-8)15-22-11(5-30-15)17-24-13(7-32-17)19(27)28/h1-7H,(H,25,26)(H,27,28). The van der Waals surface area contributed by atoms with E-state index in [9.17, 15) is 9.59 Å². The molecule has 5 aromatic rings. The number of hydrogen-bond donors (Lipinski definition) is 2. The predicted octanol–water partition coefficient (Wildman–Crippen LogP) is 3.10. The van der Waals surface area contributed by atoms with Gasteiger partial charge in [0.2, 0.25) is 23.6 Å². The lowest BCUT2D eigenvalue weighted by Crippen LogP contribution is -1.95. The number of pyridine rings is 1. The molecule has 13 heteroatoms. The Labute approximate surface area is 176 Å². The average Bonchev–Trinajstić information content (AvgIpc) is 3.59. The second-order valence-electron chi connectivity index (χ2n) is 6.17. The fourth-order valence-electron chi connectivity index (χ4n) is 2.63. The molecular formula is C19H9N5O8. The van der Waals surface area contributed by atoms with Gasteiger partial charge in [0.25, 0.3) is 0 Å². The highest BCUT2D eigenvalue weighted by atomic mass is 16.4. The van der Waals surface area contributed by atoms with Gasteiger partial charge >= 0.3 is 11.9 Å². The smallest absolute Gasteiger partial charge is 0.357 e. The van der Waals surface area contributed by atoms with Crippen LogP contribution in [0.25, 0.3) is 46.3 Å². The highest BCUT2D eigenvalue weighted by molar-refractivity contribution is 5.85. The van der Waals surface area contributed by atoms with Crippen molar-refractivity contribution < 1.29 is 37.5 Å². The molecule has 32 heavy (non-hydrogen) atoms. The maximum atomic E-state index is 10.9. The van der Waals surface area contributed by atoms with Gasteiger partial charge in [0.1, 0.15) is 36.4 Å². The maximum absolute atomic E-state index is 10.9. The number of carboxylic acid groups (broad SMARTS) is 2. The van der Waals surface area contributed by atoms with Crippen molar-refractivity contribution in [2.24, 2.45) is 0 Å². The molecule has 0 atom stereocenters. The number of hydrogen-bond acceptors (Lipinski definition) is 11. The van der Waals surface area contributed by atoms with E-state index in [2.05, 4.69) is 24.9 Å². The largest absolute Gasteiger partial charge is 0.476 e. The quantitative estimate of drug-likeness (QED) is 0.395. The lowest BCUT2D eigenvalue weighted by atomic mass is 10.3. The van der Waals surface area contributed by atoms with Gasteiger partial charge in [0.05, 0.1) is 0 Å². The molecule has 0 fully saturated rings. The van der Waals surface area contributed by atoms with E-state index in [1.54, 1.807) is 18.2 Å². The summed E-state index contributed by atoms with van der Waals surface area (Å²) in [6.07, 6.45) is 4.51. The first-order chi connectivity index (χ1) is 15.5. The van der Waals surface area contributed by atoms with Crippen molar-refractivity contribution in [1.82, 2.24) is 24.9 Å². The third-order valence-corrected chi connectivity index (χ3v) is 4.08. The van der Waals surface area contributed by atoms with E-state index >= 15 is 0 Å². The summed E-state index contributed by atoms with van der Waals surface area (Å²) < 4.78 is 21.0. The van der Waals surface area contributed by atoms with Crippen LogP contribution in [-0.4, -0.2) is 47.1 Å². The van der Waals surface area contributed by atoms with Gasteiger partial charge in [-0.05, 0) is 12.1 Å². The Hall–Kier alpha value is -5.07. The lowest BCUT2D eigenvalue weighted by molar-refractivity contribution is 0.0679. The molecule has 0 amide bonds. The molecule has 0 bridgehead atoms. The molecule has 0 aliphatic rings. The molecule has 0 saturated heterocycles. The molecule has 2 N–H and O–H groups in total. The summed E-state index contributed by atoms with van der Waals surface area (Å²) in [6.45, 7) is 0. The molecule has 5 aromatic heterocycles. The number of carbonyl (C=O) groups is 2. The number of nitrogens with zero attached hydrogens (tertiary/aromatic N) is 5. The van der Waals surface area contributed by atoms with Crippen molar-refractivity contribution in [3.63, 3.8) is 0 Å². The van der Waals surface area contributed by atoms with Crippen LogP contribution < -0.4 is 0 Å². The Morgan fingerprint density at radius 3 is 1.38 bits per heavy atom. The van der Waals surface area contributed by atoms with Crippen molar-refractivity contribution in [2.75, 3.05) is 0 Å². The SMILES string of the molecule is O=C(O)c1coc(-c2coc(-c3cccc(-c4nc(-c5nc(C(=O)O)co5)co4)n3)n2)n1. The van der Waals surface area contributed by atoms with E-state index in [4.69, 9.17) is 27.9 Å². The first kappa shape index (κ1) is 18.9. The predicted molar refractivity (Wildman–Crippen MR) is 100 cm³/mol. The van der Waals surface area contributed by atoms with Crippen LogP contribution in [0.3, 0.4) is 0 Å². The Balaban J connectivity index is 1.42. The van der Waals surface area contributed by atoms with Gasteiger partial charge in [-0.15, -0.1) is 0 Å². The van der Waals surface area contributed by atoms with Crippen molar-refractivity contribution in [2.45, 2.75) is 0 Å². The van der Waals surface area contributed by atoms with Crippen LogP contribution in [0.1, 0.15) is 21.0 Å². The van der Waals surface area contributed by atoms with Crippen LogP contribution in [-0.2, 0) is 0 Å². The zero-order valence-corrected chi connectivity index (χ0v) is 15.6. The summed E-state index contributed by atoms with van der Waals surface area (Å²) >= 11 is 0. The number of carboxylic acids is 2. The van der Waals surface area contributed by atoms with E-state index in [1.165, 1.54) is 12.5 Å². The van der Waals surface area contributed by atoms with Crippen LogP contribution in [0.5, 0.6) is 0 Å². The fourth-order valence-corrected chi connectivity index (χ4v) is 2.63. The van der Waals surface area contributed by atoms with Crippen LogP contribution in [0.4, 0.5) is 0 Å². The number of aromatic nitrogens is 5. The van der Waals surface area contributed by atoms with Gasteiger partial charge in [-0.3, -0.25) is 0 Å². The average molecular weight is 435 g/mol. The topological polar surface area (TPSA) is 192 Å². The van der Waals surface area contributed by atoms with Gasteiger partial charge in [0, 0.05) is 0 Å². The zero-order valence-electron chi connectivity index (χ0n) is 15.6. The minimum absolute atomic E-state index is 0.0161. The summed E-state index contributed by atoms with van der Waals surface area (Å²) in [5.41, 5.74) is 0.537. The Morgan fingerprint density at radius 1 is 0.562 bits per heavy atom. The molecule has 0 spiro atoms. The van der Waals surface area contributed by atoms with Gasteiger partial charge in [-0.25, -0.2) is 34.5 Å². The summed E-state index contributed by atoms with van der Waals surface area (Å²) in [6, 6.07) is 4.94. The summed E-state index contributed by atoms with van der Waals surface area (Å²) in [7, 11) is 0. The summed E-state index contributed by atoms with van der Waals surface area (Å²) in [5.74, 6) is -2.24. The molecule has 5 heterocycles. The van der Waals surface area contributed by atoms with Crippen molar-refractivity contribution in [3.8, 4) is 46.3 Å². The maximum Gasteiger partial charge on any atom is 0.357 e. The summed E-state index contributed by atoms with van der Waals surface area (Å²) in [5, 5.41) is 17.9. The highest BCUT2D eigenvalue weighted by Gasteiger charge is 2.19. The minimum Gasteiger partial charge on any atom is -0.476 e. The first-order valence-corrected chi connectivity index (χ1v) is 8.75. The van der Waals surface area contributed by atoms with Gasteiger partial charge in [-0.1, -0.05) is 6.07 Å². The van der Waals surface area contributed by atoms with E-state index in [-0.39, 0.29) is 46.3 Å². The van der Waals surface area contributed by atoms with Crippen molar-refractivity contribution >= 4 is 11.9 Å². The molecule has 5 rings (SSSR count). The van der Waals surface area contributed by atoms with E-state index in [0.29, 0.717) is 11.4 Å². The third kappa shape index (κ3) is 3.39. The highest BCUT2D eigenvalue weighted by Crippen LogP contribution is 2.27. The molecule has 0 aliphatic carbocycles. The third-order valence-electron chi connectivity index (χ3n) is 4.08. The number of rotatable bonds is 6. The minimum atomic E-state index is -1.23. The zero-order chi connectivity index (χ0) is 22.2. The molecule has 0 unspecified atom stereocenters. The first-order valence-electron chi connectivity index (χ1n) is 8.75. The van der Waals surface area contributed by atoms with Gasteiger partial charge < -0.3 is 27.9 Å². The van der Waals surface area contributed by atoms with E-state index in [0.717, 1.165) is 12.5 Å². The molecule has 158 valence electrons. The molecule has 0 aromatic carbocycles. The molecule has 0 aliphatic heterocycles. The van der Waals surface area contributed by atoms with Crippen molar-refractivity contribution in [3.05, 3.63) is 54.6 Å². The van der Waals surface area contributed by atoms with Gasteiger partial charge in [-0.2, -0.15) is 0 Å². The van der Waals surface area contributed by atoms with Crippen LogP contribution in [0.2, 0.25) is 0 Å². The van der Waals surface area contributed by atoms with E-state index in [1.807, 2.05) is 0 Å². The Morgan fingerprint density at radius 2 is 0.969 bits per heavy atom. The number of oxazole rings is 4.